The van der Waals surface area contributed by atoms with Crippen LogP contribution in [0.1, 0.15) is 55.0 Å². The minimum absolute atomic E-state index is 0.171. The molecule has 4 aromatic rings. The molecule has 0 amide bonds. The molecular weight excluding hydrogens is 545 g/mol. The Morgan fingerprint density at radius 2 is 1.86 bits per heavy atom. The summed E-state index contributed by atoms with van der Waals surface area (Å²) in [6.45, 7) is 0.252. The molecule has 184 valence electrons. The van der Waals surface area contributed by atoms with Crippen molar-refractivity contribution in [1.82, 2.24) is 9.66 Å². The third-order valence-electron chi connectivity index (χ3n) is 6.40. The number of hydrogen-bond donors (Lipinski definition) is 0. The Balaban J connectivity index is 1.53. The minimum atomic E-state index is -0.298. The van der Waals surface area contributed by atoms with Crippen LogP contribution in [0.25, 0.3) is 10.9 Å². The Kier molecular flexibility index (Phi) is 7.48. The quantitative estimate of drug-likeness (QED) is 0.227. The summed E-state index contributed by atoms with van der Waals surface area (Å²) in [5, 5.41) is 5.63. The van der Waals surface area contributed by atoms with E-state index >= 15 is 0 Å². The molecule has 1 heterocycles. The van der Waals surface area contributed by atoms with Crippen molar-refractivity contribution in [3.8, 4) is 5.75 Å². The van der Waals surface area contributed by atoms with Crippen molar-refractivity contribution in [2.24, 2.45) is 5.10 Å². The summed E-state index contributed by atoms with van der Waals surface area (Å²) in [5.41, 5.74) is 1.91. The van der Waals surface area contributed by atoms with Gasteiger partial charge in [0, 0.05) is 21.0 Å². The number of nitrogens with zero attached hydrogens (tertiary/aromatic N) is 3. The molecule has 1 saturated carbocycles. The molecule has 1 aliphatic carbocycles. The molecule has 1 aliphatic rings. The first-order valence-electron chi connectivity index (χ1n) is 11.9. The zero-order valence-electron chi connectivity index (χ0n) is 19.5. The molecule has 36 heavy (non-hydrogen) atoms. The lowest BCUT2D eigenvalue weighted by Gasteiger charge is -2.22. The lowest BCUT2D eigenvalue weighted by Crippen LogP contribution is -2.25. The first kappa shape index (κ1) is 24.7. The van der Waals surface area contributed by atoms with Crippen molar-refractivity contribution < 1.29 is 9.13 Å². The Bertz CT molecular complexity index is 1480. The average molecular weight is 569 g/mol. The molecule has 5 nitrogen and oxygen atoms in total. The second-order valence-corrected chi connectivity index (χ2v) is 10.3. The van der Waals surface area contributed by atoms with Gasteiger partial charge >= 0.3 is 0 Å². The summed E-state index contributed by atoms with van der Waals surface area (Å²) >= 11 is 9.72. The summed E-state index contributed by atoms with van der Waals surface area (Å²) < 4.78 is 21.5. The van der Waals surface area contributed by atoms with Crippen LogP contribution in [0, 0.1) is 5.82 Å². The molecule has 1 fully saturated rings. The fraction of sp³-hybridized carbons (Fsp3) is 0.250. The minimum Gasteiger partial charge on any atom is -0.488 e. The van der Waals surface area contributed by atoms with Crippen molar-refractivity contribution in [1.29, 1.82) is 0 Å². The van der Waals surface area contributed by atoms with Crippen LogP contribution < -0.4 is 10.3 Å². The van der Waals surface area contributed by atoms with Crippen LogP contribution in [0.3, 0.4) is 0 Å². The molecule has 0 spiro atoms. The molecule has 1 aromatic heterocycles. The number of benzene rings is 3. The standard InChI is InChI=1S/C28H24BrClFN3O2/c29-21-8-12-25-24(15-21)28(35)34(27(33-25)19-4-2-1-3-5-19)32-16-20-14-22(30)9-13-26(20)36-17-18-6-10-23(31)11-7-18/h6-16,19H,1-5,17H2. The van der Waals surface area contributed by atoms with Crippen molar-refractivity contribution in [3.05, 3.63) is 103 Å². The normalized spacial score (nSPS) is 14.5. The first-order valence-corrected chi connectivity index (χ1v) is 13.1. The largest absolute Gasteiger partial charge is 0.488 e. The highest BCUT2D eigenvalue weighted by Crippen LogP contribution is 2.32. The van der Waals surface area contributed by atoms with Gasteiger partial charge in [0.05, 0.1) is 17.1 Å². The third kappa shape index (κ3) is 5.52. The second kappa shape index (κ2) is 10.9. The van der Waals surface area contributed by atoms with Gasteiger partial charge in [-0.3, -0.25) is 4.79 Å². The number of halogens is 3. The second-order valence-electron chi connectivity index (χ2n) is 8.93. The molecule has 5 rings (SSSR count). The van der Waals surface area contributed by atoms with Crippen LogP contribution in [0.15, 0.2) is 75.0 Å². The van der Waals surface area contributed by atoms with Gasteiger partial charge in [-0.05, 0) is 66.9 Å². The van der Waals surface area contributed by atoms with Gasteiger partial charge in [-0.15, -0.1) is 0 Å². The molecule has 0 aliphatic heterocycles. The van der Waals surface area contributed by atoms with Crippen molar-refractivity contribution in [2.45, 2.75) is 44.6 Å². The topological polar surface area (TPSA) is 56.5 Å². The van der Waals surface area contributed by atoms with E-state index in [9.17, 15) is 9.18 Å². The van der Waals surface area contributed by atoms with E-state index in [0.29, 0.717) is 33.1 Å². The molecule has 0 saturated heterocycles. The molecule has 8 heteroatoms. The maximum atomic E-state index is 13.6. The van der Waals surface area contributed by atoms with Crippen LogP contribution in [-0.2, 0) is 6.61 Å². The molecular formula is C28H24BrClFN3O2. The van der Waals surface area contributed by atoms with Gasteiger partial charge in [-0.1, -0.05) is 58.9 Å². The number of fused-ring (bicyclic) bond motifs is 1. The predicted octanol–water partition coefficient (Wildman–Crippen LogP) is 7.46. The van der Waals surface area contributed by atoms with Gasteiger partial charge in [-0.2, -0.15) is 9.78 Å². The van der Waals surface area contributed by atoms with Gasteiger partial charge in [0.15, 0.2) is 0 Å². The van der Waals surface area contributed by atoms with Crippen LogP contribution in [0.4, 0.5) is 4.39 Å². The van der Waals surface area contributed by atoms with Gasteiger partial charge in [0.2, 0.25) is 0 Å². The molecule has 0 atom stereocenters. The van der Waals surface area contributed by atoms with Crippen LogP contribution in [0.5, 0.6) is 5.75 Å². The van der Waals surface area contributed by atoms with Gasteiger partial charge in [0.25, 0.3) is 5.56 Å². The monoisotopic (exact) mass is 567 g/mol. The highest BCUT2D eigenvalue weighted by molar-refractivity contribution is 9.10. The Morgan fingerprint density at radius 1 is 1.08 bits per heavy atom. The summed E-state index contributed by atoms with van der Waals surface area (Å²) in [5.74, 6) is 1.11. The SMILES string of the molecule is O=c1c2cc(Br)ccc2nc(C2CCCCC2)n1N=Cc1cc(Cl)ccc1OCc1ccc(F)cc1. The van der Waals surface area contributed by atoms with Crippen molar-refractivity contribution >= 4 is 44.6 Å². The van der Waals surface area contributed by atoms with E-state index in [-0.39, 0.29) is 23.9 Å². The van der Waals surface area contributed by atoms with E-state index in [4.69, 9.17) is 21.3 Å². The summed E-state index contributed by atoms with van der Waals surface area (Å²) in [7, 11) is 0. The Hall–Kier alpha value is -3.03. The summed E-state index contributed by atoms with van der Waals surface area (Å²) in [4.78, 5) is 18.4. The summed E-state index contributed by atoms with van der Waals surface area (Å²) in [6.07, 6.45) is 6.96. The van der Waals surface area contributed by atoms with E-state index < -0.39 is 0 Å². The van der Waals surface area contributed by atoms with Gasteiger partial charge in [0.1, 0.15) is 24.0 Å². The highest BCUT2D eigenvalue weighted by atomic mass is 79.9. The fourth-order valence-electron chi connectivity index (χ4n) is 4.52. The molecule has 0 unspecified atom stereocenters. The van der Waals surface area contributed by atoms with E-state index in [1.807, 2.05) is 12.1 Å². The van der Waals surface area contributed by atoms with Crippen LogP contribution in [0.2, 0.25) is 5.02 Å². The number of rotatable bonds is 6. The highest BCUT2D eigenvalue weighted by Gasteiger charge is 2.22. The molecule has 3 aromatic carbocycles. The third-order valence-corrected chi connectivity index (χ3v) is 7.12. The smallest absolute Gasteiger partial charge is 0.282 e. The lowest BCUT2D eigenvalue weighted by atomic mass is 9.88. The van der Waals surface area contributed by atoms with Crippen molar-refractivity contribution in [2.75, 3.05) is 0 Å². The number of hydrogen-bond acceptors (Lipinski definition) is 4. The van der Waals surface area contributed by atoms with Crippen molar-refractivity contribution in [3.63, 3.8) is 0 Å². The van der Waals surface area contributed by atoms with Crippen LogP contribution in [-0.4, -0.2) is 15.9 Å². The molecule has 0 bridgehead atoms. The zero-order valence-corrected chi connectivity index (χ0v) is 21.8. The average Bonchev–Trinajstić information content (AvgIpc) is 2.89. The van der Waals surface area contributed by atoms with E-state index in [1.54, 1.807) is 42.6 Å². The maximum Gasteiger partial charge on any atom is 0.282 e. The van der Waals surface area contributed by atoms with Gasteiger partial charge < -0.3 is 4.74 Å². The molecule has 0 radical (unpaired) electrons. The van der Waals surface area contributed by atoms with Gasteiger partial charge in [-0.25, -0.2) is 9.37 Å². The number of aromatic nitrogens is 2. The zero-order chi connectivity index (χ0) is 25.1. The lowest BCUT2D eigenvalue weighted by molar-refractivity contribution is 0.305. The Labute approximate surface area is 221 Å². The summed E-state index contributed by atoms with van der Waals surface area (Å²) in [6, 6.07) is 16.9. The Morgan fingerprint density at radius 3 is 2.64 bits per heavy atom. The van der Waals surface area contributed by atoms with E-state index in [0.717, 1.165) is 35.7 Å². The van der Waals surface area contributed by atoms with E-state index in [1.165, 1.54) is 23.2 Å². The van der Waals surface area contributed by atoms with Crippen LogP contribution >= 0.6 is 27.5 Å². The number of ether oxygens (including phenoxy) is 1. The predicted molar refractivity (Wildman–Crippen MR) is 145 cm³/mol. The van der Waals surface area contributed by atoms with E-state index in [2.05, 4.69) is 21.0 Å². The first-order chi connectivity index (χ1) is 17.5. The molecule has 0 N–H and O–H groups in total. The fourth-order valence-corrected chi connectivity index (χ4v) is 5.06. The maximum absolute atomic E-state index is 13.6.